The molecule has 1 nitrogen and oxygen atoms in total. The molecule has 1 rings (SSSR count). The van der Waals surface area contributed by atoms with Crippen LogP contribution in [0.25, 0.3) is 0 Å². The van der Waals surface area contributed by atoms with Gasteiger partial charge in [0.1, 0.15) is 0 Å². The molecule has 0 aromatic carbocycles. The minimum absolute atomic E-state index is 0.855. The molecule has 0 aromatic rings. The van der Waals surface area contributed by atoms with Crippen LogP contribution in [0.4, 0.5) is 0 Å². The maximum atomic E-state index is 3.61. The van der Waals surface area contributed by atoms with E-state index in [-0.39, 0.29) is 0 Å². The van der Waals surface area contributed by atoms with E-state index >= 15 is 0 Å². The lowest BCUT2D eigenvalue weighted by molar-refractivity contribution is 0.486. The maximum absolute atomic E-state index is 3.61. The predicted molar refractivity (Wildman–Crippen MR) is 49.6 cm³/mol. The van der Waals surface area contributed by atoms with E-state index in [0.717, 1.165) is 17.9 Å². The zero-order chi connectivity index (χ0) is 8.27. The highest BCUT2D eigenvalue weighted by Crippen LogP contribution is 2.33. The highest BCUT2D eigenvalue weighted by molar-refractivity contribution is 4.91. The van der Waals surface area contributed by atoms with E-state index in [2.05, 4.69) is 26.1 Å². The summed E-state index contributed by atoms with van der Waals surface area (Å²) >= 11 is 0. The summed E-state index contributed by atoms with van der Waals surface area (Å²) in [6.07, 6.45) is 4.08. The lowest BCUT2D eigenvalue weighted by Crippen LogP contribution is -2.24. The number of nitrogens with one attached hydrogen (secondary N) is 1. The molecule has 1 saturated carbocycles. The van der Waals surface area contributed by atoms with E-state index in [4.69, 9.17) is 0 Å². The molecule has 1 fully saturated rings. The minimum Gasteiger partial charge on any atom is -0.313 e. The zero-order valence-electron chi connectivity index (χ0n) is 8.06. The van der Waals surface area contributed by atoms with Gasteiger partial charge in [-0.1, -0.05) is 33.6 Å². The van der Waals surface area contributed by atoms with E-state index < -0.39 is 0 Å². The van der Waals surface area contributed by atoms with Crippen LogP contribution in [-0.4, -0.2) is 12.6 Å². The molecule has 3 atom stereocenters. The van der Waals surface area contributed by atoms with Gasteiger partial charge in [-0.3, -0.25) is 0 Å². The van der Waals surface area contributed by atoms with E-state index in [1.54, 1.807) is 0 Å². The first kappa shape index (κ1) is 9.05. The SMILES string of the molecule is CCC(C)CNC1CC1CC. The smallest absolute Gasteiger partial charge is 0.00991 e. The molecule has 0 aromatic heterocycles. The van der Waals surface area contributed by atoms with Crippen LogP contribution < -0.4 is 5.32 Å². The van der Waals surface area contributed by atoms with Crippen LogP contribution in [0.1, 0.15) is 40.0 Å². The summed E-state index contributed by atoms with van der Waals surface area (Å²) in [6, 6.07) is 0.869. The lowest BCUT2D eigenvalue weighted by Gasteiger charge is -2.08. The predicted octanol–water partition coefficient (Wildman–Crippen LogP) is 2.42. The molecule has 0 saturated heterocycles. The fourth-order valence-corrected chi connectivity index (χ4v) is 1.45. The van der Waals surface area contributed by atoms with Crippen molar-refractivity contribution in [1.29, 1.82) is 0 Å². The third kappa shape index (κ3) is 2.82. The van der Waals surface area contributed by atoms with Crippen LogP contribution in [0.2, 0.25) is 0 Å². The fraction of sp³-hybridized carbons (Fsp3) is 1.00. The van der Waals surface area contributed by atoms with Crippen molar-refractivity contribution in [2.75, 3.05) is 6.54 Å². The van der Waals surface area contributed by atoms with Crippen molar-refractivity contribution >= 4 is 0 Å². The molecular formula is C10H21N. The Kier molecular flexibility index (Phi) is 3.38. The molecule has 1 heteroatoms. The third-order valence-electron chi connectivity index (χ3n) is 2.87. The highest BCUT2D eigenvalue weighted by Gasteiger charge is 2.34. The van der Waals surface area contributed by atoms with E-state index in [0.29, 0.717) is 0 Å². The number of hydrogen-bond donors (Lipinski definition) is 1. The summed E-state index contributed by atoms with van der Waals surface area (Å²) in [4.78, 5) is 0. The summed E-state index contributed by atoms with van der Waals surface area (Å²) in [6.45, 7) is 8.08. The first-order chi connectivity index (χ1) is 5.27. The van der Waals surface area contributed by atoms with Gasteiger partial charge in [0.15, 0.2) is 0 Å². The molecule has 0 bridgehead atoms. The van der Waals surface area contributed by atoms with Crippen LogP contribution >= 0.6 is 0 Å². The molecule has 0 aliphatic heterocycles. The molecule has 1 aliphatic rings. The second kappa shape index (κ2) is 4.10. The second-order valence-corrected chi connectivity index (χ2v) is 3.93. The van der Waals surface area contributed by atoms with Gasteiger partial charge >= 0.3 is 0 Å². The Morgan fingerprint density at radius 2 is 2.18 bits per heavy atom. The van der Waals surface area contributed by atoms with Crippen LogP contribution in [0.5, 0.6) is 0 Å². The average molecular weight is 155 g/mol. The van der Waals surface area contributed by atoms with Crippen molar-refractivity contribution in [1.82, 2.24) is 5.32 Å². The molecule has 1 N–H and O–H groups in total. The van der Waals surface area contributed by atoms with Gasteiger partial charge in [0.05, 0.1) is 0 Å². The van der Waals surface area contributed by atoms with E-state index in [1.807, 2.05) is 0 Å². The Hall–Kier alpha value is -0.0400. The summed E-state index contributed by atoms with van der Waals surface area (Å²) in [5.74, 6) is 1.85. The molecule has 66 valence electrons. The highest BCUT2D eigenvalue weighted by atomic mass is 15.0. The lowest BCUT2D eigenvalue weighted by atomic mass is 10.1. The van der Waals surface area contributed by atoms with Crippen molar-refractivity contribution in [2.45, 2.75) is 46.1 Å². The second-order valence-electron chi connectivity index (χ2n) is 3.93. The van der Waals surface area contributed by atoms with Gasteiger partial charge in [-0.15, -0.1) is 0 Å². The Balaban J connectivity index is 1.97. The third-order valence-corrected chi connectivity index (χ3v) is 2.87. The van der Waals surface area contributed by atoms with E-state index in [9.17, 15) is 0 Å². The van der Waals surface area contributed by atoms with Gasteiger partial charge in [0.2, 0.25) is 0 Å². The normalized spacial score (nSPS) is 31.9. The average Bonchev–Trinajstić information content (AvgIpc) is 2.78. The molecule has 0 heterocycles. The van der Waals surface area contributed by atoms with Gasteiger partial charge in [0.25, 0.3) is 0 Å². The largest absolute Gasteiger partial charge is 0.313 e. The first-order valence-corrected chi connectivity index (χ1v) is 5.01. The monoisotopic (exact) mass is 155 g/mol. The molecular weight excluding hydrogens is 134 g/mol. The Bertz CT molecular complexity index is 111. The first-order valence-electron chi connectivity index (χ1n) is 5.01. The van der Waals surface area contributed by atoms with Crippen LogP contribution in [-0.2, 0) is 0 Å². The van der Waals surface area contributed by atoms with Gasteiger partial charge in [0, 0.05) is 6.04 Å². The van der Waals surface area contributed by atoms with Crippen molar-refractivity contribution in [3.8, 4) is 0 Å². The zero-order valence-corrected chi connectivity index (χ0v) is 8.06. The molecule has 11 heavy (non-hydrogen) atoms. The summed E-state index contributed by atoms with van der Waals surface area (Å²) < 4.78 is 0. The number of rotatable bonds is 5. The topological polar surface area (TPSA) is 12.0 Å². The molecule has 0 amide bonds. The summed E-state index contributed by atoms with van der Waals surface area (Å²) in [5.41, 5.74) is 0. The van der Waals surface area contributed by atoms with Gasteiger partial charge in [-0.2, -0.15) is 0 Å². The van der Waals surface area contributed by atoms with Crippen molar-refractivity contribution < 1.29 is 0 Å². The van der Waals surface area contributed by atoms with Gasteiger partial charge in [-0.05, 0) is 24.8 Å². The summed E-state index contributed by atoms with van der Waals surface area (Å²) in [7, 11) is 0. The van der Waals surface area contributed by atoms with E-state index in [1.165, 1.54) is 25.8 Å². The van der Waals surface area contributed by atoms with Gasteiger partial charge < -0.3 is 5.32 Å². The Morgan fingerprint density at radius 1 is 1.45 bits per heavy atom. The van der Waals surface area contributed by atoms with Crippen LogP contribution in [0.15, 0.2) is 0 Å². The number of hydrogen-bond acceptors (Lipinski definition) is 1. The molecule has 1 aliphatic carbocycles. The Labute approximate surface area is 70.6 Å². The van der Waals surface area contributed by atoms with Crippen molar-refractivity contribution in [3.05, 3.63) is 0 Å². The van der Waals surface area contributed by atoms with Crippen LogP contribution in [0, 0.1) is 11.8 Å². The Morgan fingerprint density at radius 3 is 2.64 bits per heavy atom. The standard InChI is InChI=1S/C10H21N/c1-4-8(3)7-11-10-6-9(10)5-2/h8-11H,4-7H2,1-3H3. The molecule has 0 spiro atoms. The molecule has 0 radical (unpaired) electrons. The van der Waals surface area contributed by atoms with Crippen molar-refractivity contribution in [2.24, 2.45) is 11.8 Å². The quantitative estimate of drug-likeness (QED) is 0.643. The maximum Gasteiger partial charge on any atom is 0.00991 e. The minimum atomic E-state index is 0.855. The van der Waals surface area contributed by atoms with Crippen LogP contribution in [0.3, 0.4) is 0 Å². The molecule has 3 unspecified atom stereocenters. The fourth-order valence-electron chi connectivity index (χ4n) is 1.45. The summed E-state index contributed by atoms with van der Waals surface area (Å²) in [5, 5.41) is 3.61. The van der Waals surface area contributed by atoms with Gasteiger partial charge in [-0.25, -0.2) is 0 Å². The van der Waals surface area contributed by atoms with Crippen molar-refractivity contribution in [3.63, 3.8) is 0 Å².